The molecule has 1 saturated heterocycles. The molecular formula is C10H20N2O3. The Labute approximate surface area is 90.1 Å². The van der Waals surface area contributed by atoms with Crippen LogP contribution in [0.4, 0.5) is 4.79 Å². The molecule has 1 rings (SSSR count). The molecule has 3 N–H and O–H groups in total. The molecule has 5 heteroatoms. The summed E-state index contributed by atoms with van der Waals surface area (Å²) < 4.78 is 0. The summed E-state index contributed by atoms with van der Waals surface area (Å²) in [4.78, 5) is 12.9. The van der Waals surface area contributed by atoms with Crippen molar-refractivity contribution in [3.8, 4) is 0 Å². The molecule has 2 amide bonds. The van der Waals surface area contributed by atoms with Gasteiger partial charge in [0.2, 0.25) is 0 Å². The largest absolute Gasteiger partial charge is 0.396 e. The summed E-state index contributed by atoms with van der Waals surface area (Å²) in [7, 11) is 0. The van der Waals surface area contributed by atoms with Gasteiger partial charge in [-0.1, -0.05) is 6.92 Å². The Hall–Kier alpha value is -0.810. The van der Waals surface area contributed by atoms with Crippen LogP contribution < -0.4 is 5.32 Å². The molecule has 1 heterocycles. The maximum Gasteiger partial charge on any atom is 0.317 e. The van der Waals surface area contributed by atoms with E-state index in [9.17, 15) is 9.90 Å². The van der Waals surface area contributed by atoms with E-state index in [2.05, 4.69) is 5.32 Å². The summed E-state index contributed by atoms with van der Waals surface area (Å²) in [6.45, 7) is 3.63. The number of aliphatic hydroxyl groups is 2. The molecule has 1 aliphatic heterocycles. The molecule has 0 aromatic carbocycles. The number of β-amino-alcohol motifs (C(OH)–C–C–N with tert-alkyl or cyclic N) is 1. The Morgan fingerprint density at radius 3 is 2.80 bits per heavy atom. The first-order valence-corrected chi connectivity index (χ1v) is 5.47. The number of aliphatic hydroxyl groups excluding tert-OH is 1. The molecule has 88 valence electrons. The van der Waals surface area contributed by atoms with E-state index in [1.165, 1.54) is 0 Å². The highest BCUT2D eigenvalue weighted by molar-refractivity contribution is 5.76. The highest BCUT2D eigenvalue weighted by atomic mass is 16.3. The Bertz CT molecular complexity index is 223. The standard InChI is InChI=1S/C10H20N2O3/c1-2-10(15,4-3-7-13)8-12-6-5-11-9(12)14/h13,15H,2-8H2,1H3,(H,11,14). The fraction of sp³-hybridized carbons (Fsp3) is 0.900. The number of hydrogen-bond donors (Lipinski definition) is 3. The average Bonchev–Trinajstić information content (AvgIpc) is 2.61. The van der Waals surface area contributed by atoms with Crippen molar-refractivity contribution in [2.75, 3.05) is 26.2 Å². The van der Waals surface area contributed by atoms with Crippen molar-refractivity contribution in [1.29, 1.82) is 0 Å². The van der Waals surface area contributed by atoms with E-state index in [0.717, 1.165) is 0 Å². The van der Waals surface area contributed by atoms with E-state index in [0.29, 0.717) is 38.9 Å². The molecule has 0 aromatic rings. The third-order valence-corrected chi connectivity index (χ3v) is 2.89. The molecule has 0 spiro atoms. The summed E-state index contributed by atoms with van der Waals surface area (Å²) in [5, 5.41) is 21.6. The quantitative estimate of drug-likeness (QED) is 0.581. The third kappa shape index (κ3) is 3.35. The topological polar surface area (TPSA) is 72.8 Å². The molecular weight excluding hydrogens is 196 g/mol. The summed E-state index contributed by atoms with van der Waals surface area (Å²) in [5.74, 6) is 0. The first-order valence-electron chi connectivity index (χ1n) is 5.47. The predicted octanol–water partition coefficient (Wildman–Crippen LogP) is -0.0748. The molecule has 0 aromatic heterocycles. The molecule has 5 nitrogen and oxygen atoms in total. The molecule has 0 saturated carbocycles. The van der Waals surface area contributed by atoms with Gasteiger partial charge in [-0.25, -0.2) is 4.79 Å². The Kier molecular flexibility index (Phi) is 4.35. The second-order valence-corrected chi connectivity index (χ2v) is 4.06. The van der Waals surface area contributed by atoms with E-state index in [4.69, 9.17) is 5.11 Å². The number of nitrogens with one attached hydrogen (secondary N) is 1. The lowest BCUT2D eigenvalue weighted by Gasteiger charge is -2.30. The van der Waals surface area contributed by atoms with Crippen LogP contribution in [0.1, 0.15) is 26.2 Å². The van der Waals surface area contributed by atoms with Gasteiger partial charge >= 0.3 is 6.03 Å². The first-order chi connectivity index (χ1) is 7.11. The predicted molar refractivity (Wildman–Crippen MR) is 56.5 cm³/mol. The summed E-state index contributed by atoms with van der Waals surface area (Å²) in [5.41, 5.74) is -0.857. The van der Waals surface area contributed by atoms with Crippen molar-refractivity contribution in [2.24, 2.45) is 0 Å². The van der Waals surface area contributed by atoms with Crippen LogP contribution in [0.5, 0.6) is 0 Å². The van der Waals surface area contributed by atoms with Crippen LogP contribution in [0.15, 0.2) is 0 Å². The number of carbonyl (C=O) groups excluding carboxylic acids is 1. The van der Waals surface area contributed by atoms with Crippen molar-refractivity contribution >= 4 is 6.03 Å². The van der Waals surface area contributed by atoms with Gasteiger partial charge in [0.25, 0.3) is 0 Å². The summed E-state index contributed by atoms with van der Waals surface area (Å²) in [6, 6.07) is -0.106. The zero-order valence-corrected chi connectivity index (χ0v) is 9.20. The Morgan fingerprint density at radius 1 is 1.60 bits per heavy atom. The molecule has 0 radical (unpaired) electrons. The van der Waals surface area contributed by atoms with E-state index < -0.39 is 5.60 Å². The van der Waals surface area contributed by atoms with Crippen molar-refractivity contribution in [3.63, 3.8) is 0 Å². The Morgan fingerprint density at radius 2 is 2.33 bits per heavy atom. The maximum atomic E-state index is 11.3. The smallest absolute Gasteiger partial charge is 0.317 e. The van der Waals surface area contributed by atoms with Crippen LogP contribution >= 0.6 is 0 Å². The second-order valence-electron chi connectivity index (χ2n) is 4.06. The number of urea groups is 1. The normalized spacial score (nSPS) is 20.2. The monoisotopic (exact) mass is 216 g/mol. The third-order valence-electron chi connectivity index (χ3n) is 2.89. The number of hydrogen-bond acceptors (Lipinski definition) is 3. The van der Waals surface area contributed by atoms with Gasteiger partial charge in [0, 0.05) is 19.7 Å². The van der Waals surface area contributed by atoms with Gasteiger partial charge in [-0.15, -0.1) is 0 Å². The molecule has 15 heavy (non-hydrogen) atoms. The molecule has 0 aliphatic carbocycles. The minimum absolute atomic E-state index is 0.0779. The van der Waals surface area contributed by atoms with E-state index >= 15 is 0 Å². The van der Waals surface area contributed by atoms with Crippen LogP contribution in [0, 0.1) is 0 Å². The van der Waals surface area contributed by atoms with Crippen molar-refractivity contribution in [3.05, 3.63) is 0 Å². The minimum atomic E-state index is -0.857. The molecule has 1 aliphatic rings. The Balaban J connectivity index is 2.47. The van der Waals surface area contributed by atoms with Gasteiger partial charge in [0.15, 0.2) is 0 Å². The number of rotatable bonds is 6. The van der Waals surface area contributed by atoms with Crippen LogP contribution in [0.25, 0.3) is 0 Å². The van der Waals surface area contributed by atoms with Gasteiger partial charge in [0.1, 0.15) is 0 Å². The fourth-order valence-electron chi connectivity index (χ4n) is 1.79. The minimum Gasteiger partial charge on any atom is -0.396 e. The SMILES string of the molecule is CCC(O)(CCCO)CN1CCNC1=O. The van der Waals surface area contributed by atoms with Crippen LogP contribution in [-0.2, 0) is 0 Å². The number of nitrogens with zero attached hydrogens (tertiary/aromatic N) is 1. The fourth-order valence-corrected chi connectivity index (χ4v) is 1.79. The van der Waals surface area contributed by atoms with Crippen molar-refractivity contribution in [1.82, 2.24) is 10.2 Å². The van der Waals surface area contributed by atoms with Crippen LogP contribution in [0.2, 0.25) is 0 Å². The highest BCUT2D eigenvalue weighted by Crippen LogP contribution is 2.19. The van der Waals surface area contributed by atoms with Crippen molar-refractivity contribution < 1.29 is 15.0 Å². The van der Waals surface area contributed by atoms with Gasteiger partial charge in [-0.05, 0) is 19.3 Å². The lowest BCUT2D eigenvalue weighted by atomic mass is 9.94. The van der Waals surface area contributed by atoms with E-state index in [1.807, 2.05) is 6.92 Å². The van der Waals surface area contributed by atoms with Crippen molar-refractivity contribution in [2.45, 2.75) is 31.8 Å². The highest BCUT2D eigenvalue weighted by Gasteiger charge is 2.31. The molecule has 1 unspecified atom stereocenters. The molecule has 1 atom stereocenters. The summed E-state index contributed by atoms with van der Waals surface area (Å²) >= 11 is 0. The van der Waals surface area contributed by atoms with Gasteiger partial charge in [-0.2, -0.15) is 0 Å². The van der Waals surface area contributed by atoms with Crippen LogP contribution in [-0.4, -0.2) is 53.0 Å². The lowest BCUT2D eigenvalue weighted by Crippen LogP contribution is -2.44. The van der Waals surface area contributed by atoms with Crippen LogP contribution in [0.3, 0.4) is 0 Å². The average molecular weight is 216 g/mol. The van der Waals surface area contributed by atoms with Gasteiger partial charge in [-0.3, -0.25) is 0 Å². The number of amides is 2. The second kappa shape index (κ2) is 5.32. The molecule has 0 bridgehead atoms. The first kappa shape index (κ1) is 12.3. The van der Waals surface area contributed by atoms with E-state index in [1.54, 1.807) is 4.90 Å². The zero-order valence-electron chi connectivity index (χ0n) is 9.20. The summed E-state index contributed by atoms with van der Waals surface area (Å²) in [6.07, 6.45) is 1.69. The number of carbonyl (C=O) groups is 1. The lowest BCUT2D eigenvalue weighted by molar-refractivity contribution is 0.000968. The zero-order chi connectivity index (χ0) is 11.3. The van der Waals surface area contributed by atoms with E-state index in [-0.39, 0.29) is 12.6 Å². The molecule has 1 fully saturated rings. The van der Waals surface area contributed by atoms with Gasteiger partial charge < -0.3 is 20.4 Å². The van der Waals surface area contributed by atoms with Gasteiger partial charge in [0.05, 0.1) is 12.1 Å². The maximum absolute atomic E-state index is 11.3.